The Hall–Kier alpha value is -0.160. The molecule has 0 amide bonds. The van der Waals surface area contributed by atoms with E-state index in [4.69, 9.17) is 10.5 Å². The Morgan fingerprint density at radius 3 is 2.42 bits per heavy atom. The van der Waals surface area contributed by atoms with Gasteiger partial charge in [0.2, 0.25) is 0 Å². The highest BCUT2D eigenvalue weighted by molar-refractivity contribution is 4.97. The standard InChI is InChI=1S/C15H31N3O/c1-15(12-16,14-6-9-19-11-14)18-7-4-13(5-8-18)10-17(2)3/h13-14H,4-12,16H2,1-3H3. The van der Waals surface area contributed by atoms with Crippen molar-refractivity contribution in [2.24, 2.45) is 17.6 Å². The number of nitrogens with two attached hydrogens (primary N) is 1. The van der Waals surface area contributed by atoms with Crippen molar-refractivity contribution in [2.75, 3.05) is 53.5 Å². The number of ether oxygens (including phenoxy) is 1. The van der Waals surface area contributed by atoms with Gasteiger partial charge in [0.15, 0.2) is 0 Å². The Bertz CT molecular complexity index is 271. The smallest absolute Gasteiger partial charge is 0.0513 e. The van der Waals surface area contributed by atoms with E-state index < -0.39 is 0 Å². The predicted octanol–water partition coefficient (Wildman–Crippen LogP) is 1.01. The summed E-state index contributed by atoms with van der Waals surface area (Å²) in [7, 11) is 4.35. The van der Waals surface area contributed by atoms with Crippen LogP contribution >= 0.6 is 0 Å². The first-order valence-corrected chi connectivity index (χ1v) is 7.74. The van der Waals surface area contributed by atoms with Crippen molar-refractivity contribution in [3.63, 3.8) is 0 Å². The van der Waals surface area contributed by atoms with Gasteiger partial charge >= 0.3 is 0 Å². The maximum atomic E-state index is 6.13. The van der Waals surface area contributed by atoms with Crippen LogP contribution < -0.4 is 5.73 Å². The summed E-state index contributed by atoms with van der Waals surface area (Å²) in [5.74, 6) is 1.47. The van der Waals surface area contributed by atoms with Crippen molar-refractivity contribution in [2.45, 2.75) is 31.7 Å². The van der Waals surface area contributed by atoms with Crippen LogP contribution in [-0.4, -0.2) is 68.8 Å². The first-order chi connectivity index (χ1) is 9.06. The molecule has 0 saturated carbocycles. The molecule has 2 N–H and O–H groups in total. The van der Waals surface area contributed by atoms with E-state index in [1.54, 1.807) is 0 Å². The Morgan fingerprint density at radius 2 is 1.95 bits per heavy atom. The van der Waals surface area contributed by atoms with Gasteiger partial charge in [-0.1, -0.05) is 0 Å². The Labute approximate surface area is 118 Å². The summed E-state index contributed by atoms with van der Waals surface area (Å²) in [6.45, 7) is 8.52. The monoisotopic (exact) mass is 269 g/mol. The van der Waals surface area contributed by atoms with Gasteiger partial charge in [0.1, 0.15) is 0 Å². The average molecular weight is 269 g/mol. The van der Waals surface area contributed by atoms with E-state index in [9.17, 15) is 0 Å². The largest absolute Gasteiger partial charge is 0.381 e. The minimum absolute atomic E-state index is 0.138. The molecule has 2 aliphatic heterocycles. The minimum Gasteiger partial charge on any atom is -0.381 e. The van der Waals surface area contributed by atoms with Gasteiger partial charge in [-0.3, -0.25) is 4.90 Å². The fraction of sp³-hybridized carbons (Fsp3) is 1.00. The third-order valence-electron chi connectivity index (χ3n) is 5.18. The molecule has 4 nitrogen and oxygen atoms in total. The summed E-state index contributed by atoms with van der Waals surface area (Å²) in [5.41, 5.74) is 6.27. The quantitative estimate of drug-likeness (QED) is 0.809. The lowest BCUT2D eigenvalue weighted by Gasteiger charge is -2.47. The molecule has 2 heterocycles. The number of likely N-dealkylation sites (tertiary alicyclic amines) is 1. The third kappa shape index (κ3) is 3.48. The number of piperidine rings is 1. The van der Waals surface area contributed by atoms with E-state index in [0.717, 1.165) is 25.7 Å². The van der Waals surface area contributed by atoms with Crippen LogP contribution in [0.15, 0.2) is 0 Å². The fourth-order valence-corrected chi connectivity index (χ4v) is 3.72. The molecule has 19 heavy (non-hydrogen) atoms. The summed E-state index contributed by atoms with van der Waals surface area (Å²) in [4.78, 5) is 4.95. The second-order valence-electron chi connectivity index (χ2n) is 6.81. The first-order valence-electron chi connectivity index (χ1n) is 7.74. The average Bonchev–Trinajstić information content (AvgIpc) is 2.92. The van der Waals surface area contributed by atoms with Crippen LogP contribution in [0.5, 0.6) is 0 Å². The molecule has 0 aromatic rings. The summed E-state index contributed by atoms with van der Waals surface area (Å²) in [6, 6.07) is 0. The van der Waals surface area contributed by atoms with Crippen molar-refractivity contribution in [1.82, 2.24) is 9.80 Å². The molecule has 4 heteroatoms. The lowest BCUT2D eigenvalue weighted by atomic mass is 9.81. The molecule has 0 aromatic heterocycles. The van der Waals surface area contributed by atoms with Crippen LogP contribution in [0.3, 0.4) is 0 Å². The first kappa shape index (κ1) is 15.2. The van der Waals surface area contributed by atoms with Crippen molar-refractivity contribution >= 4 is 0 Å². The predicted molar refractivity (Wildman–Crippen MR) is 79.2 cm³/mol. The normalized spacial score (nSPS) is 29.8. The van der Waals surface area contributed by atoms with Crippen molar-refractivity contribution < 1.29 is 4.74 Å². The zero-order chi connectivity index (χ0) is 13.9. The van der Waals surface area contributed by atoms with Crippen LogP contribution in [0, 0.1) is 11.8 Å². The number of nitrogens with zero attached hydrogens (tertiary/aromatic N) is 2. The van der Waals surface area contributed by atoms with Crippen LogP contribution in [0.2, 0.25) is 0 Å². The van der Waals surface area contributed by atoms with Gasteiger partial charge in [0.25, 0.3) is 0 Å². The van der Waals surface area contributed by atoms with Crippen molar-refractivity contribution in [3.8, 4) is 0 Å². The number of hydrogen-bond acceptors (Lipinski definition) is 4. The van der Waals surface area contributed by atoms with E-state index in [1.165, 1.54) is 38.9 Å². The van der Waals surface area contributed by atoms with Gasteiger partial charge in [-0.2, -0.15) is 0 Å². The van der Waals surface area contributed by atoms with Gasteiger partial charge in [0.05, 0.1) is 6.61 Å². The Morgan fingerprint density at radius 1 is 1.26 bits per heavy atom. The second kappa shape index (κ2) is 6.53. The molecular weight excluding hydrogens is 238 g/mol. The molecule has 2 rings (SSSR count). The van der Waals surface area contributed by atoms with Gasteiger partial charge in [0, 0.05) is 31.2 Å². The van der Waals surface area contributed by atoms with Crippen LogP contribution in [0.25, 0.3) is 0 Å². The summed E-state index contributed by atoms with van der Waals surface area (Å²) in [5, 5.41) is 0. The topological polar surface area (TPSA) is 41.7 Å². The number of rotatable bonds is 5. The fourth-order valence-electron chi connectivity index (χ4n) is 3.72. The molecule has 0 spiro atoms. The lowest BCUT2D eigenvalue weighted by molar-refractivity contribution is 0.0157. The highest BCUT2D eigenvalue weighted by Gasteiger charge is 2.41. The summed E-state index contributed by atoms with van der Waals surface area (Å²) < 4.78 is 5.58. The molecule has 2 saturated heterocycles. The highest BCUT2D eigenvalue weighted by atomic mass is 16.5. The molecule has 0 aromatic carbocycles. The van der Waals surface area contributed by atoms with E-state index in [2.05, 4.69) is 30.8 Å². The summed E-state index contributed by atoms with van der Waals surface area (Å²) >= 11 is 0. The molecule has 0 bridgehead atoms. The highest BCUT2D eigenvalue weighted by Crippen LogP contribution is 2.33. The zero-order valence-electron chi connectivity index (χ0n) is 12.9. The number of hydrogen-bond donors (Lipinski definition) is 1. The van der Waals surface area contributed by atoms with Crippen molar-refractivity contribution in [1.29, 1.82) is 0 Å². The Kier molecular flexibility index (Phi) is 5.23. The van der Waals surface area contributed by atoms with Crippen molar-refractivity contribution in [3.05, 3.63) is 0 Å². The maximum Gasteiger partial charge on any atom is 0.0513 e. The van der Waals surface area contributed by atoms with E-state index >= 15 is 0 Å². The molecule has 2 unspecified atom stereocenters. The van der Waals surface area contributed by atoms with Crippen LogP contribution in [0.4, 0.5) is 0 Å². The van der Waals surface area contributed by atoms with E-state index in [1.807, 2.05) is 0 Å². The zero-order valence-corrected chi connectivity index (χ0v) is 12.9. The molecule has 0 radical (unpaired) electrons. The molecule has 112 valence electrons. The lowest BCUT2D eigenvalue weighted by Crippen LogP contribution is -2.59. The van der Waals surface area contributed by atoms with Gasteiger partial charge in [-0.05, 0) is 59.3 Å². The van der Waals surface area contributed by atoms with Crippen LogP contribution in [0.1, 0.15) is 26.2 Å². The van der Waals surface area contributed by atoms with Gasteiger partial charge in [-0.15, -0.1) is 0 Å². The minimum atomic E-state index is 0.138. The second-order valence-corrected chi connectivity index (χ2v) is 6.81. The summed E-state index contributed by atoms with van der Waals surface area (Å²) in [6.07, 6.45) is 3.79. The van der Waals surface area contributed by atoms with E-state index in [0.29, 0.717) is 5.92 Å². The third-order valence-corrected chi connectivity index (χ3v) is 5.18. The SMILES string of the molecule is CN(C)CC1CCN(C(C)(CN)C2CCOC2)CC1. The van der Waals surface area contributed by atoms with Crippen LogP contribution in [-0.2, 0) is 4.74 Å². The Balaban J connectivity index is 1.90. The molecule has 2 fully saturated rings. The maximum absolute atomic E-state index is 6.13. The molecule has 2 atom stereocenters. The van der Waals surface area contributed by atoms with Gasteiger partial charge < -0.3 is 15.4 Å². The van der Waals surface area contributed by atoms with E-state index in [-0.39, 0.29) is 5.54 Å². The molecular formula is C15H31N3O. The molecule has 2 aliphatic rings. The molecule has 0 aliphatic carbocycles. The van der Waals surface area contributed by atoms with Gasteiger partial charge in [-0.25, -0.2) is 0 Å².